The molecule has 0 aliphatic heterocycles. The van der Waals surface area contributed by atoms with Crippen LogP contribution >= 0.6 is 0 Å². The zero-order chi connectivity index (χ0) is 19.9. The number of aliphatic imine (C=N–C) groups is 1. The molecule has 2 aromatic carbocycles. The molecule has 0 aliphatic carbocycles. The van der Waals surface area contributed by atoms with Crippen molar-refractivity contribution in [2.45, 2.75) is 65.2 Å². The van der Waals surface area contributed by atoms with E-state index in [1.807, 2.05) is 54.7 Å². The van der Waals surface area contributed by atoms with E-state index in [4.69, 9.17) is 9.47 Å². The molecule has 3 nitrogen and oxygen atoms in total. The van der Waals surface area contributed by atoms with Crippen molar-refractivity contribution >= 4 is 11.9 Å². The quantitative estimate of drug-likeness (QED) is 0.253. The molecule has 0 spiro atoms. The Bertz CT molecular complexity index is 662. The summed E-state index contributed by atoms with van der Waals surface area (Å²) in [6, 6.07) is 16.1. The van der Waals surface area contributed by atoms with Crippen LogP contribution in [0.25, 0.3) is 0 Å². The largest absolute Gasteiger partial charge is 0.494 e. The van der Waals surface area contributed by atoms with Gasteiger partial charge in [0.25, 0.3) is 0 Å². The Morgan fingerprint density at radius 1 is 0.643 bits per heavy atom. The molecule has 0 unspecified atom stereocenters. The average molecular weight is 382 g/mol. The predicted octanol–water partition coefficient (Wildman–Crippen LogP) is 7.36. The lowest BCUT2D eigenvalue weighted by Gasteiger charge is -2.06. The molecule has 0 N–H and O–H groups in total. The minimum atomic E-state index is 0.781. The topological polar surface area (TPSA) is 30.8 Å². The number of nitrogens with zero attached hydrogens (tertiary/aromatic N) is 1. The van der Waals surface area contributed by atoms with Gasteiger partial charge in [0.2, 0.25) is 0 Å². The molecule has 0 bridgehead atoms. The molecule has 0 heterocycles. The van der Waals surface area contributed by atoms with Crippen LogP contribution in [-0.4, -0.2) is 19.4 Å². The van der Waals surface area contributed by atoms with Gasteiger partial charge >= 0.3 is 0 Å². The third-order valence-corrected chi connectivity index (χ3v) is 4.61. The Morgan fingerprint density at radius 3 is 1.75 bits per heavy atom. The number of benzene rings is 2. The highest BCUT2D eigenvalue weighted by molar-refractivity contribution is 5.82. The third-order valence-electron chi connectivity index (χ3n) is 4.61. The normalized spacial score (nSPS) is 11.1. The maximum Gasteiger partial charge on any atom is 0.119 e. The SMILES string of the molecule is CCCCCCCOc1ccc(C=Nc2ccc(OCCCCC)cc2)cc1. The van der Waals surface area contributed by atoms with Gasteiger partial charge in [-0.25, -0.2) is 0 Å². The summed E-state index contributed by atoms with van der Waals surface area (Å²) in [7, 11) is 0. The van der Waals surface area contributed by atoms with Gasteiger partial charge in [0.05, 0.1) is 18.9 Å². The molecule has 3 heteroatoms. The second kappa shape index (κ2) is 13.8. The average Bonchev–Trinajstić information content (AvgIpc) is 2.74. The summed E-state index contributed by atoms with van der Waals surface area (Å²) in [6.45, 7) is 6.01. The summed E-state index contributed by atoms with van der Waals surface area (Å²) < 4.78 is 11.5. The van der Waals surface area contributed by atoms with E-state index >= 15 is 0 Å². The van der Waals surface area contributed by atoms with Crippen LogP contribution in [0.1, 0.15) is 70.8 Å². The zero-order valence-electron chi connectivity index (χ0n) is 17.5. The van der Waals surface area contributed by atoms with E-state index in [1.165, 1.54) is 38.5 Å². The third kappa shape index (κ3) is 9.07. The Morgan fingerprint density at radius 2 is 1.14 bits per heavy atom. The summed E-state index contributed by atoms with van der Waals surface area (Å²) in [5.74, 6) is 1.84. The molecule has 0 saturated heterocycles. The minimum absolute atomic E-state index is 0.781. The summed E-state index contributed by atoms with van der Waals surface area (Å²) in [6.07, 6.45) is 11.7. The maximum atomic E-state index is 5.81. The molecular formula is C25H35NO2. The van der Waals surface area contributed by atoms with Crippen molar-refractivity contribution in [3.63, 3.8) is 0 Å². The van der Waals surface area contributed by atoms with Crippen molar-refractivity contribution in [1.29, 1.82) is 0 Å². The van der Waals surface area contributed by atoms with Crippen LogP contribution in [-0.2, 0) is 0 Å². The molecule has 2 rings (SSSR count). The van der Waals surface area contributed by atoms with E-state index in [2.05, 4.69) is 18.8 Å². The van der Waals surface area contributed by atoms with Gasteiger partial charge in [-0.3, -0.25) is 4.99 Å². The number of rotatable bonds is 14. The van der Waals surface area contributed by atoms with Crippen molar-refractivity contribution in [2.24, 2.45) is 4.99 Å². The van der Waals surface area contributed by atoms with Crippen molar-refractivity contribution in [3.8, 4) is 11.5 Å². The van der Waals surface area contributed by atoms with Crippen LogP contribution in [0.15, 0.2) is 53.5 Å². The van der Waals surface area contributed by atoms with E-state index < -0.39 is 0 Å². The smallest absolute Gasteiger partial charge is 0.119 e. The summed E-state index contributed by atoms with van der Waals surface area (Å²) in [4.78, 5) is 4.54. The summed E-state index contributed by atoms with van der Waals surface area (Å²) in [5.41, 5.74) is 1.99. The highest BCUT2D eigenvalue weighted by Gasteiger charge is 1.97. The zero-order valence-corrected chi connectivity index (χ0v) is 17.5. The highest BCUT2D eigenvalue weighted by Crippen LogP contribution is 2.19. The second-order valence-electron chi connectivity index (χ2n) is 7.14. The fourth-order valence-electron chi connectivity index (χ4n) is 2.87. The predicted molar refractivity (Wildman–Crippen MR) is 119 cm³/mol. The maximum absolute atomic E-state index is 5.81. The van der Waals surface area contributed by atoms with E-state index in [9.17, 15) is 0 Å². The van der Waals surface area contributed by atoms with Crippen LogP contribution < -0.4 is 9.47 Å². The first kappa shape index (κ1) is 22.0. The lowest BCUT2D eigenvalue weighted by atomic mass is 10.2. The molecule has 0 saturated carbocycles. The van der Waals surface area contributed by atoms with E-state index in [0.717, 1.165) is 48.8 Å². The lowest BCUT2D eigenvalue weighted by molar-refractivity contribution is 0.304. The van der Waals surface area contributed by atoms with Crippen molar-refractivity contribution in [1.82, 2.24) is 0 Å². The van der Waals surface area contributed by atoms with Gasteiger partial charge in [0.15, 0.2) is 0 Å². The molecule has 0 aromatic heterocycles. The Labute approximate surface area is 170 Å². The molecule has 28 heavy (non-hydrogen) atoms. The molecule has 152 valence electrons. The number of unbranched alkanes of at least 4 members (excludes halogenated alkanes) is 6. The van der Waals surface area contributed by atoms with E-state index in [-0.39, 0.29) is 0 Å². The molecular weight excluding hydrogens is 346 g/mol. The van der Waals surface area contributed by atoms with Gasteiger partial charge in [-0.2, -0.15) is 0 Å². The Hall–Kier alpha value is -2.29. The van der Waals surface area contributed by atoms with Gasteiger partial charge in [0.1, 0.15) is 11.5 Å². The van der Waals surface area contributed by atoms with Crippen molar-refractivity contribution in [2.75, 3.05) is 13.2 Å². The van der Waals surface area contributed by atoms with Crippen LogP contribution in [0.3, 0.4) is 0 Å². The van der Waals surface area contributed by atoms with E-state index in [1.54, 1.807) is 0 Å². The van der Waals surface area contributed by atoms with Gasteiger partial charge in [-0.05, 0) is 66.9 Å². The van der Waals surface area contributed by atoms with Gasteiger partial charge < -0.3 is 9.47 Å². The highest BCUT2D eigenvalue weighted by atomic mass is 16.5. The molecule has 0 atom stereocenters. The standard InChI is InChI=1S/C25H35NO2/c1-3-5-7-8-10-20-28-24-15-11-22(12-16-24)21-26-23-13-17-25(18-14-23)27-19-9-6-4-2/h11-18,21H,3-10,19-20H2,1-2H3. The van der Waals surface area contributed by atoms with E-state index in [0.29, 0.717) is 0 Å². The molecule has 0 radical (unpaired) electrons. The fourth-order valence-corrected chi connectivity index (χ4v) is 2.87. The molecule has 0 aliphatic rings. The van der Waals surface area contributed by atoms with Crippen LogP contribution in [0.4, 0.5) is 5.69 Å². The van der Waals surface area contributed by atoms with Gasteiger partial charge in [-0.1, -0.05) is 52.4 Å². The summed E-state index contributed by atoms with van der Waals surface area (Å²) in [5, 5.41) is 0. The monoisotopic (exact) mass is 381 g/mol. The number of hydrogen-bond acceptors (Lipinski definition) is 3. The lowest BCUT2D eigenvalue weighted by Crippen LogP contribution is -1.97. The van der Waals surface area contributed by atoms with Crippen molar-refractivity contribution < 1.29 is 9.47 Å². The van der Waals surface area contributed by atoms with Crippen LogP contribution in [0.5, 0.6) is 11.5 Å². The molecule has 0 fully saturated rings. The van der Waals surface area contributed by atoms with Crippen molar-refractivity contribution in [3.05, 3.63) is 54.1 Å². The Kier molecular flexibility index (Phi) is 10.9. The van der Waals surface area contributed by atoms with Gasteiger partial charge in [0, 0.05) is 6.21 Å². The summed E-state index contributed by atoms with van der Waals surface area (Å²) >= 11 is 0. The fraction of sp³-hybridized carbons (Fsp3) is 0.480. The number of hydrogen-bond donors (Lipinski definition) is 0. The Balaban J connectivity index is 1.73. The molecule has 2 aromatic rings. The first-order valence-corrected chi connectivity index (χ1v) is 10.8. The van der Waals surface area contributed by atoms with Crippen LogP contribution in [0, 0.1) is 0 Å². The van der Waals surface area contributed by atoms with Gasteiger partial charge in [-0.15, -0.1) is 0 Å². The first-order valence-electron chi connectivity index (χ1n) is 10.8. The molecule has 0 amide bonds. The minimum Gasteiger partial charge on any atom is -0.494 e. The number of ether oxygens (including phenoxy) is 2. The second-order valence-corrected chi connectivity index (χ2v) is 7.14. The first-order chi connectivity index (χ1) is 13.8. The van der Waals surface area contributed by atoms with Crippen LogP contribution in [0.2, 0.25) is 0 Å².